The highest BCUT2D eigenvalue weighted by Crippen LogP contribution is 2.13. The summed E-state index contributed by atoms with van der Waals surface area (Å²) >= 11 is 1.79. The fourth-order valence-electron chi connectivity index (χ4n) is 2.87. The van der Waals surface area contributed by atoms with E-state index in [9.17, 15) is 13.2 Å². The van der Waals surface area contributed by atoms with Crippen LogP contribution in [0.15, 0.2) is 4.99 Å². The van der Waals surface area contributed by atoms with E-state index >= 15 is 0 Å². The van der Waals surface area contributed by atoms with Crippen molar-refractivity contribution in [2.45, 2.75) is 25.8 Å². The monoisotopic (exact) mass is 391 g/mol. The molecule has 0 aromatic carbocycles. The van der Waals surface area contributed by atoms with Gasteiger partial charge in [0, 0.05) is 57.2 Å². The van der Waals surface area contributed by atoms with E-state index in [0.717, 1.165) is 17.9 Å². The minimum atomic E-state index is -3.24. The van der Waals surface area contributed by atoms with Crippen LogP contribution in [-0.2, 0) is 14.8 Å². The molecule has 2 heterocycles. The lowest BCUT2D eigenvalue weighted by Crippen LogP contribution is -2.51. The molecule has 144 valence electrons. The van der Waals surface area contributed by atoms with Crippen LogP contribution >= 0.6 is 11.8 Å². The molecule has 0 radical (unpaired) electrons. The summed E-state index contributed by atoms with van der Waals surface area (Å²) in [6.07, 6.45) is 1.28. The van der Waals surface area contributed by atoms with Crippen LogP contribution in [0.5, 0.6) is 0 Å². The van der Waals surface area contributed by atoms with Gasteiger partial charge < -0.3 is 15.5 Å². The van der Waals surface area contributed by atoms with Crippen molar-refractivity contribution >= 4 is 33.7 Å². The van der Waals surface area contributed by atoms with E-state index in [4.69, 9.17) is 0 Å². The Hall–Kier alpha value is -1.00. The standard InChI is InChI=1S/C15H29N5O3S2/c1-3-16-15(18-13-4-5-14(21)19(2)12-13)17-6-11-25(22,23)20-7-9-24-10-8-20/h13H,3-12H2,1-2H3,(H2,16,17,18). The van der Waals surface area contributed by atoms with Crippen LogP contribution in [0.25, 0.3) is 0 Å². The van der Waals surface area contributed by atoms with Gasteiger partial charge in [0.05, 0.1) is 12.3 Å². The summed E-state index contributed by atoms with van der Waals surface area (Å²) in [4.78, 5) is 17.7. The summed E-state index contributed by atoms with van der Waals surface area (Å²) in [6.45, 7) is 4.71. The number of hydrogen-bond donors (Lipinski definition) is 2. The smallest absolute Gasteiger partial charge is 0.222 e. The summed E-state index contributed by atoms with van der Waals surface area (Å²) in [5.74, 6) is 2.52. The number of thioether (sulfide) groups is 1. The third-order valence-corrected chi connectivity index (χ3v) is 7.09. The largest absolute Gasteiger partial charge is 0.357 e. The van der Waals surface area contributed by atoms with Crippen LogP contribution in [0.2, 0.25) is 0 Å². The van der Waals surface area contributed by atoms with Gasteiger partial charge in [-0.15, -0.1) is 0 Å². The molecule has 2 saturated heterocycles. The van der Waals surface area contributed by atoms with Gasteiger partial charge in [-0.2, -0.15) is 11.8 Å². The minimum absolute atomic E-state index is 0.0251. The van der Waals surface area contributed by atoms with E-state index in [2.05, 4.69) is 15.6 Å². The van der Waals surface area contributed by atoms with Crippen molar-refractivity contribution in [1.29, 1.82) is 0 Å². The fraction of sp³-hybridized carbons (Fsp3) is 0.867. The van der Waals surface area contributed by atoms with E-state index < -0.39 is 10.0 Å². The molecule has 2 aliphatic rings. The maximum absolute atomic E-state index is 12.4. The molecular formula is C15H29N5O3S2. The average Bonchev–Trinajstić information content (AvgIpc) is 2.59. The Bertz CT molecular complexity index is 576. The highest BCUT2D eigenvalue weighted by Gasteiger charge is 2.25. The number of nitrogens with one attached hydrogen (secondary N) is 2. The molecule has 0 aromatic heterocycles. The first-order valence-corrected chi connectivity index (χ1v) is 11.5. The molecule has 0 bridgehead atoms. The van der Waals surface area contributed by atoms with E-state index in [1.54, 1.807) is 28.0 Å². The number of hydrogen-bond acceptors (Lipinski definition) is 5. The van der Waals surface area contributed by atoms with Crippen LogP contribution in [0.3, 0.4) is 0 Å². The number of amides is 1. The highest BCUT2D eigenvalue weighted by atomic mass is 32.2. The van der Waals surface area contributed by atoms with Crippen LogP contribution < -0.4 is 10.6 Å². The van der Waals surface area contributed by atoms with Crippen LogP contribution in [0.4, 0.5) is 0 Å². The number of likely N-dealkylation sites (N-methyl/N-ethyl adjacent to an activating group) is 1. The maximum atomic E-state index is 12.4. The zero-order valence-corrected chi connectivity index (χ0v) is 16.7. The molecular weight excluding hydrogens is 362 g/mol. The average molecular weight is 392 g/mol. The van der Waals surface area contributed by atoms with Crippen molar-refractivity contribution in [2.24, 2.45) is 4.99 Å². The van der Waals surface area contributed by atoms with Gasteiger partial charge in [0.1, 0.15) is 0 Å². The number of piperidine rings is 1. The number of likely N-dealkylation sites (tertiary alicyclic amines) is 1. The highest BCUT2D eigenvalue weighted by molar-refractivity contribution is 7.99. The van der Waals surface area contributed by atoms with Crippen molar-refractivity contribution in [1.82, 2.24) is 19.8 Å². The molecule has 2 aliphatic heterocycles. The second-order valence-electron chi connectivity index (χ2n) is 6.24. The molecule has 10 heteroatoms. The SMILES string of the molecule is CCNC(=NCCS(=O)(=O)N1CCSCC1)NC1CCC(=O)N(C)C1. The van der Waals surface area contributed by atoms with Gasteiger partial charge in [-0.05, 0) is 13.3 Å². The quantitative estimate of drug-likeness (QED) is 0.470. The van der Waals surface area contributed by atoms with Crippen molar-refractivity contribution in [3.8, 4) is 0 Å². The lowest BCUT2D eigenvalue weighted by molar-refractivity contribution is -0.132. The predicted molar refractivity (Wildman–Crippen MR) is 102 cm³/mol. The first kappa shape index (κ1) is 20.3. The number of nitrogens with zero attached hydrogens (tertiary/aromatic N) is 3. The molecule has 2 fully saturated rings. The molecule has 8 nitrogen and oxygen atoms in total. The molecule has 2 N–H and O–H groups in total. The van der Waals surface area contributed by atoms with E-state index in [-0.39, 0.29) is 24.2 Å². The van der Waals surface area contributed by atoms with Gasteiger partial charge in [0.25, 0.3) is 0 Å². The van der Waals surface area contributed by atoms with E-state index in [0.29, 0.717) is 38.6 Å². The number of carbonyl (C=O) groups is 1. The number of guanidine groups is 1. The predicted octanol–water partition coefficient (Wildman–Crippen LogP) is -0.459. The molecule has 1 atom stereocenters. The molecule has 2 rings (SSSR count). The summed E-state index contributed by atoms with van der Waals surface area (Å²) in [5.41, 5.74) is 0. The van der Waals surface area contributed by atoms with Gasteiger partial charge in [-0.25, -0.2) is 12.7 Å². The van der Waals surface area contributed by atoms with Crippen molar-refractivity contribution in [3.63, 3.8) is 0 Å². The van der Waals surface area contributed by atoms with E-state index in [1.165, 1.54) is 0 Å². The molecule has 0 saturated carbocycles. The number of sulfonamides is 1. The second-order valence-corrected chi connectivity index (χ2v) is 9.56. The Kier molecular flexibility index (Phi) is 7.82. The first-order chi connectivity index (χ1) is 11.9. The Labute approximate surface area is 154 Å². The third kappa shape index (κ3) is 6.34. The minimum Gasteiger partial charge on any atom is -0.357 e. The summed E-state index contributed by atoms with van der Waals surface area (Å²) in [5, 5.41) is 6.45. The maximum Gasteiger partial charge on any atom is 0.222 e. The Morgan fingerprint density at radius 2 is 2.08 bits per heavy atom. The fourth-order valence-corrected chi connectivity index (χ4v) is 5.32. The molecule has 1 amide bonds. The van der Waals surface area contributed by atoms with Crippen molar-refractivity contribution < 1.29 is 13.2 Å². The lowest BCUT2D eigenvalue weighted by atomic mass is 10.1. The number of aliphatic imine (C=N–C) groups is 1. The third-order valence-electron chi connectivity index (χ3n) is 4.29. The number of rotatable bonds is 6. The van der Waals surface area contributed by atoms with Gasteiger partial charge in [-0.1, -0.05) is 0 Å². The molecule has 0 aliphatic carbocycles. The Morgan fingerprint density at radius 1 is 1.36 bits per heavy atom. The van der Waals surface area contributed by atoms with Crippen molar-refractivity contribution in [3.05, 3.63) is 0 Å². The number of carbonyl (C=O) groups excluding carboxylic acids is 1. The van der Waals surface area contributed by atoms with Crippen LogP contribution in [0, 0.1) is 0 Å². The summed E-state index contributed by atoms with van der Waals surface area (Å²) in [6, 6.07) is 0.135. The van der Waals surface area contributed by atoms with Gasteiger partial charge in [-0.3, -0.25) is 9.79 Å². The zero-order valence-electron chi connectivity index (χ0n) is 15.0. The molecule has 1 unspecified atom stereocenters. The summed E-state index contributed by atoms with van der Waals surface area (Å²) < 4.78 is 26.3. The zero-order chi connectivity index (χ0) is 18.3. The van der Waals surface area contributed by atoms with Crippen molar-refractivity contribution in [2.75, 3.05) is 57.0 Å². The molecule has 25 heavy (non-hydrogen) atoms. The summed E-state index contributed by atoms with van der Waals surface area (Å²) in [7, 11) is -1.44. The van der Waals surface area contributed by atoms with E-state index in [1.807, 2.05) is 6.92 Å². The van der Waals surface area contributed by atoms with Crippen LogP contribution in [-0.4, -0.2) is 92.6 Å². The first-order valence-electron chi connectivity index (χ1n) is 8.76. The van der Waals surface area contributed by atoms with Gasteiger partial charge in [0.15, 0.2) is 5.96 Å². The van der Waals surface area contributed by atoms with Gasteiger partial charge >= 0.3 is 0 Å². The lowest BCUT2D eigenvalue weighted by Gasteiger charge is -2.31. The van der Waals surface area contributed by atoms with Crippen LogP contribution in [0.1, 0.15) is 19.8 Å². The molecule has 0 spiro atoms. The van der Waals surface area contributed by atoms with Gasteiger partial charge in [0.2, 0.25) is 15.9 Å². The Balaban J connectivity index is 1.87. The topological polar surface area (TPSA) is 94.1 Å². The second kappa shape index (κ2) is 9.63. The normalized spacial score (nSPS) is 23.6. The Morgan fingerprint density at radius 3 is 2.72 bits per heavy atom. The molecule has 0 aromatic rings.